The van der Waals surface area contributed by atoms with E-state index in [4.69, 9.17) is 0 Å². The summed E-state index contributed by atoms with van der Waals surface area (Å²) in [7, 11) is -5.74. The maximum Gasteiger partial charge on any atom is 0.534 e. The van der Waals surface area contributed by atoms with Gasteiger partial charge in [-0.15, -0.1) is 0 Å². The Balaban J connectivity index is 3.18. The monoisotopic (exact) mass is 332 g/mol. The Hall–Kier alpha value is -1.09. The number of aldehydes is 1. The van der Waals surface area contributed by atoms with E-state index < -0.39 is 21.4 Å². The van der Waals surface area contributed by atoms with Gasteiger partial charge in [0.25, 0.3) is 0 Å². The summed E-state index contributed by atoms with van der Waals surface area (Å²) in [6, 6.07) is 3.46. The van der Waals surface area contributed by atoms with Crippen molar-refractivity contribution in [3.63, 3.8) is 0 Å². The Kier molecular flexibility index (Phi) is 3.82. The molecule has 0 spiro atoms. The van der Waals surface area contributed by atoms with Gasteiger partial charge in [0.15, 0.2) is 12.0 Å². The Labute approximate surface area is 103 Å². The fourth-order valence-corrected chi connectivity index (χ4v) is 1.86. The van der Waals surface area contributed by atoms with E-state index in [-0.39, 0.29) is 10.0 Å². The van der Waals surface area contributed by atoms with Crippen LogP contribution in [0.4, 0.5) is 13.2 Å². The summed E-state index contributed by atoms with van der Waals surface area (Å²) in [4.78, 5) is 10.5. The van der Waals surface area contributed by atoms with Gasteiger partial charge in [-0.1, -0.05) is 12.1 Å². The summed E-state index contributed by atoms with van der Waals surface area (Å²) in [5, 5.41) is 0. The zero-order valence-electron chi connectivity index (χ0n) is 7.86. The molecule has 0 radical (unpaired) electrons. The minimum Gasteiger partial charge on any atom is -0.375 e. The van der Waals surface area contributed by atoms with Crippen LogP contribution in [-0.4, -0.2) is 20.2 Å². The molecule has 94 valence electrons. The zero-order chi connectivity index (χ0) is 13.3. The topological polar surface area (TPSA) is 60.4 Å². The smallest absolute Gasteiger partial charge is 0.375 e. The number of halogens is 4. The summed E-state index contributed by atoms with van der Waals surface area (Å²) in [6.07, 6.45) is 0.344. The van der Waals surface area contributed by atoms with Crippen LogP contribution in [0.2, 0.25) is 0 Å². The van der Waals surface area contributed by atoms with Gasteiger partial charge in [-0.2, -0.15) is 21.6 Å². The molecule has 0 atom stereocenters. The lowest BCUT2D eigenvalue weighted by atomic mass is 10.2. The Morgan fingerprint density at radius 3 is 2.35 bits per heavy atom. The summed E-state index contributed by atoms with van der Waals surface area (Å²) >= 11 is 2.77. The third kappa shape index (κ3) is 2.97. The molecule has 0 saturated heterocycles. The Morgan fingerprint density at radius 1 is 1.29 bits per heavy atom. The fourth-order valence-electron chi connectivity index (χ4n) is 0.849. The van der Waals surface area contributed by atoms with Crippen LogP contribution >= 0.6 is 15.9 Å². The van der Waals surface area contributed by atoms with E-state index >= 15 is 0 Å². The molecule has 9 heteroatoms. The molecule has 0 saturated carbocycles. The molecule has 1 aromatic rings. The molecule has 0 unspecified atom stereocenters. The molecule has 0 amide bonds. The number of alkyl halides is 3. The number of hydrogen-bond acceptors (Lipinski definition) is 4. The van der Waals surface area contributed by atoms with Gasteiger partial charge in [-0.25, -0.2) is 0 Å². The SMILES string of the molecule is O=Cc1cccc(OS(=O)(=O)C(F)(F)F)c1Br. The van der Waals surface area contributed by atoms with E-state index in [2.05, 4.69) is 20.1 Å². The van der Waals surface area contributed by atoms with E-state index in [1.165, 1.54) is 12.1 Å². The number of carbonyl (C=O) groups excluding carboxylic acids is 1. The van der Waals surface area contributed by atoms with E-state index in [1.54, 1.807) is 0 Å². The first-order valence-corrected chi connectivity index (χ1v) is 6.13. The van der Waals surface area contributed by atoms with E-state index in [9.17, 15) is 26.4 Å². The number of carbonyl (C=O) groups is 1. The predicted molar refractivity (Wildman–Crippen MR) is 55.1 cm³/mol. The van der Waals surface area contributed by atoms with Crippen molar-refractivity contribution in [3.8, 4) is 5.75 Å². The van der Waals surface area contributed by atoms with E-state index in [0.717, 1.165) is 6.07 Å². The molecule has 0 bridgehead atoms. The molecule has 0 heterocycles. The highest BCUT2D eigenvalue weighted by Gasteiger charge is 2.48. The summed E-state index contributed by atoms with van der Waals surface area (Å²) < 4.78 is 61.3. The first-order valence-electron chi connectivity index (χ1n) is 3.93. The average molecular weight is 333 g/mol. The van der Waals surface area contributed by atoms with Crippen LogP contribution in [0.5, 0.6) is 5.75 Å². The largest absolute Gasteiger partial charge is 0.534 e. The van der Waals surface area contributed by atoms with Crippen molar-refractivity contribution in [2.45, 2.75) is 5.51 Å². The minimum atomic E-state index is -5.74. The number of benzene rings is 1. The van der Waals surface area contributed by atoms with Crippen molar-refractivity contribution < 1.29 is 30.6 Å². The predicted octanol–water partition coefficient (Wildman–Crippen LogP) is 2.49. The molecule has 0 aliphatic carbocycles. The summed E-state index contributed by atoms with van der Waals surface area (Å²) in [6.45, 7) is 0. The van der Waals surface area contributed by atoms with Gasteiger partial charge in [-0.3, -0.25) is 4.79 Å². The standard InChI is InChI=1S/C8H4BrF3O4S/c9-7-5(4-13)2-1-3-6(7)16-17(14,15)8(10,11)12/h1-4H. The van der Waals surface area contributed by atoms with E-state index in [1.807, 2.05) is 0 Å². The molecule has 4 nitrogen and oxygen atoms in total. The molecular formula is C8H4BrF3O4S. The van der Waals surface area contributed by atoms with Gasteiger partial charge in [-0.05, 0) is 22.0 Å². The van der Waals surface area contributed by atoms with Crippen LogP contribution < -0.4 is 4.18 Å². The van der Waals surface area contributed by atoms with Crippen LogP contribution in [0.3, 0.4) is 0 Å². The van der Waals surface area contributed by atoms with Crippen molar-refractivity contribution in [1.29, 1.82) is 0 Å². The average Bonchev–Trinajstić information content (AvgIpc) is 2.19. The lowest BCUT2D eigenvalue weighted by Gasteiger charge is -2.11. The van der Waals surface area contributed by atoms with E-state index in [0.29, 0.717) is 6.29 Å². The second-order valence-corrected chi connectivity index (χ2v) is 5.09. The lowest BCUT2D eigenvalue weighted by Crippen LogP contribution is -2.28. The van der Waals surface area contributed by atoms with Crippen LogP contribution in [0, 0.1) is 0 Å². The van der Waals surface area contributed by atoms with Crippen molar-refractivity contribution in [2.24, 2.45) is 0 Å². The van der Waals surface area contributed by atoms with Gasteiger partial charge in [0, 0.05) is 5.56 Å². The minimum absolute atomic E-state index is 0.0279. The van der Waals surface area contributed by atoms with Crippen molar-refractivity contribution in [3.05, 3.63) is 28.2 Å². The summed E-state index contributed by atoms with van der Waals surface area (Å²) in [5.74, 6) is -0.605. The van der Waals surface area contributed by atoms with Crippen molar-refractivity contribution in [1.82, 2.24) is 0 Å². The second-order valence-electron chi connectivity index (χ2n) is 2.76. The third-order valence-electron chi connectivity index (χ3n) is 1.60. The molecule has 0 N–H and O–H groups in total. The molecule has 0 aromatic heterocycles. The third-order valence-corrected chi connectivity index (χ3v) is 3.42. The maximum atomic E-state index is 12.0. The van der Waals surface area contributed by atoms with Crippen LogP contribution in [-0.2, 0) is 10.1 Å². The van der Waals surface area contributed by atoms with Gasteiger partial charge in [0.1, 0.15) is 0 Å². The summed E-state index contributed by atoms with van der Waals surface area (Å²) in [5.41, 5.74) is -5.55. The van der Waals surface area contributed by atoms with Gasteiger partial charge in [0.2, 0.25) is 0 Å². The molecule has 1 aromatic carbocycles. The highest BCUT2D eigenvalue weighted by Crippen LogP contribution is 2.32. The molecule has 17 heavy (non-hydrogen) atoms. The normalized spacial score (nSPS) is 12.2. The molecule has 1 rings (SSSR count). The second kappa shape index (κ2) is 4.65. The molecule has 0 aliphatic rings. The van der Waals surface area contributed by atoms with Crippen molar-refractivity contribution >= 4 is 32.3 Å². The number of hydrogen-bond donors (Lipinski definition) is 0. The van der Waals surface area contributed by atoms with Gasteiger partial charge >= 0.3 is 15.6 Å². The first kappa shape index (κ1) is 14.0. The van der Waals surface area contributed by atoms with Crippen LogP contribution in [0.25, 0.3) is 0 Å². The van der Waals surface area contributed by atoms with Gasteiger partial charge in [0.05, 0.1) is 4.47 Å². The zero-order valence-corrected chi connectivity index (χ0v) is 10.3. The van der Waals surface area contributed by atoms with Crippen LogP contribution in [0.15, 0.2) is 22.7 Å². The molecular weight excluding hydrogens is 329 g/mol. The molecule has 0 fully saturated rings. The first-order chi connectivity index (χ1) is 7.69. The Bertz CT molecular complexity index is 538. The maximum absolute atomic E-state index is 12.0. The van der Waals surface area contributed by atoms with Crippen LogP contribution in [0.1, 0.15) is 10.4 Å². The highest BCUT2D eigenvalue weighted by atomic mass is 79.9. The van der Waals surface area contributed by atoms with Gasteiger partial charge < -0.3 is 4.18 Å². The lowest BCUT2D eigenvalue weighted by molar-refractivity contribution is -0.0500. The highest BCUT2D eigenvalue weighted by molar-refractivity contribution is 9.10. The van der Waals surface area contributed by atoms with Crippen molar-refractivity contribution in [2.75, 3.05) is 0 Å². The fraction of sp³-hybridized carbons (Fsp3) is 0.125. The number of rotatable bonds is 3. The Morgan fingerprint density at radius 2 is 1.88 bits per heavy atom. The quantitative estimate of drug-likeness (QED) is 0.484. The molecule has 0 aliphatic heterocycles.